The molecule has 0 radical (unpaired) electrons. The SMILES string of the molecule is O=C(Cc1cc(Br)cs1)C1CCOc2ccccc21. The minimum absolute atomic E-state index is 0.0224. The lowest BCUT2D eigenvalue weighted by molar-refractivity contribution is -0.120. The normalized spacial score (nSPS) is 17.6. The average molecular weight is 337 g/mol. The Hall–Kier alpha value is -1.13. The van der Waals surface area contributed by atoms with E-state index >= 15 is 0 Å². The maximum absolute atomic E-state index is 12.5. The molecule has 1 unspecified atom stereocenters. The monoisotopic (exact) mass is 336 g/mol. The molecule has 0 bridgehead atoms. The van der Waals surface area contributed by atoms with Gasteiger partial charge in [0.2, 0.25) is 0 Å². The molecule has 1 aromatic heterocycles. The summed E-state index contributed by atoms with van der Waals surface area (Å²) in [6, 6.07) is 9.88. The molecule has 0 N–H and O–H groups in total. The molecule has 19 heavy (non-hydrogen) atoms. The van der Waals surface area contributed by atoms with Crippen molar-refractivity contribution in [1.29, 1.82) is 0 Å². The molecule has 2 aromatic rings. The molecule has 0 fully saturated rings. The molecule has 4 heteroatoms. The second-order valence-electron chi connectivity index (χ2n) is 4.60. The van der Waals surface area contributed by atoms with E-state index in [1.54, 1.807) is 11.3 Å². The zero-order valence-corrected chi connectivity index (χ0v) is 12.7. The average Bonchev–Trinajstić information content (AvgIpc) is 2.83. The first kappa shape index (κ1) is 12.9. The lowest BCUT2D eigenvalue weighted by Crippen LogP contribution is -2.22. The van der Waals surface area contributed by atoms with Crippen molar-refractivity contribution in [3.63, 3.8) is 0 Å². The van der Waals surface area contributed by atoms with Gasteiger partial charge in [-0.3, -0.25) is 4.79 Å². The number of fused-ring (bicyclic) bond motifs is 1. The van der Waals surface area contributed by atoms with Crippen molar-refractivity contribution in [3.8, 4) is 5.75 Å². The quantitative estimate of drug-likeness (QED) is 0.840. The minimum Gasteiger partial charge on any atom is -0.493 e. The Labute approximate surface area is 124 Å². The van der Waals surface area contributed by atoms with Crippen LogP contribution in [0.3, 0.4) is 0 Å². The van der Waals surface area contributed by atoms with Crippen LogP contribution in [0.2, 0.25) is 0 Å². The highest BCUT2D eigenvalue weighted by atomic mass is 79.9. The van der Waals surface area contributed by atoms with Crippen molar-refractivity contribution in [3.05, 3.63) is 50.6 Å². The third kappa shape index (κ3) is 2.74. The number of para-hydroxylation sites is 1. The molecule has 0 amide bonds. The van der Waals surface area contributed by atoms with Gasteiger partial charge in [-0.05, 0) is 34.5 Å². The number of carbonyl (C=O) groups excluding carboxylic acids is 1. The Morgan fingerprint density at radius 1 is 1.42 bits per heavy atom. The number of hydrogen-bond acceptors (Lipinski definition) is 3. The van der Waals surface area contributed by atoms with Crippen molar-refractivity contribution in [2.45, 2.75) is 18.8 Å². The van der Waals surface area contributed by atoms with E-state index in [0.29, 0.717) is 13.0 Å². The first-order valence-electron chi connectivity index (χ1n) is 6.21. The van der Waals surface area contributed by atoms with Gasteiger partial charge < -0.3 is 4.74 Å². The summed E-state index contributed by atoms with van der Waals surface area (Å²) in [6.45, 7) is 0.627. The number of ether oxygens (including phenoxy) is 1. The van der Waals surface area contributed by atoms with Gasteiger partial charge in [-0.25, -0.2) is 0 Å². The van der Waals surface area contributed by atoms with E-state index in [2.05, 4.69) is 15.9 Å². The Balaban J connectivity index is 1.81. The van der Waals surface area contributed by atoms with E-state index in [9.17, 15) is 4.79 Å². The number of benzene rings is 1. The van der Waals surface area contributed by atoms with Crippen molar-refractivity contribution < 1.29 is 9.53 Å². The fourth-order valence-electron chi connectivity index (χ4n) is 2.42. The maximum Gasteiger partial charge on any atom is 0.145 e. The van der Waals surface area contributed by atoms with E-state index in [0.717, 1.165) is 27.1 Å². The summed E-state index contributed by atoms with van der Waals surface area (Å²) in [6.07, 6.45) is 1.29. The van der Waals surface area contributed by atoms with Gasteiger partial charge in [-0.2, -0.15) is 0 Å². The molecule has 98 valence electrons. The van der Waals surface area contributed by atoms with E-state index in [1.165, 1.54) is 0 Å². The van der Waals surface area contributed by atoms with Crippen LogP contribution in [0.1, 0.15) is 22.8 Å². The van der Waals surface area contributed by atoms with E-state index in [1.807, 2.05) is 35.7 Å². The number of carbonyl (C=O) groups is 1. The molecule has 0 saturated carbocycles. The fraction of sp³-hybridized carbons (Fsp3) is 0.267. The van der Waals surface area contributed by atoms with Crippen LogP contribution in [-0.2, 0) is 11.2 Å². The molecular formula is C15H13BrO2S. The van der Waals surface area contributed by atoms with Gasteiger partial charge in [0.25, 0.3) is 0 Å². The van der Waals surface area contributed by atoms with Crippen molar-refractivity contribution in [2.75, 3.05) is 6.61 Å². The van der Waals surface area contributed by atoms with Gasteiger partial charge in [0.1, 0.15) is 11.5 Å². The lowest BCUT2D eigenvalue weighted by atomic mass is 9.88. The van der Waals surface area contributed by atoms with Gasteiger partial charge in [-0.15, -0.1) is 11.3 Å². The highest BCUT2D eigenvalue weighted by molar-refractivity contribution is 9.10. The largest absolute Gasteiger partial charge is 0.493 e. The van der Waals surface area contributed by atoms with E-state index < -0.39 is 0 Å². The molecule has 1 aliphatic heterocycles. The maximum atomic E-state index is 12.5. The Bertz CT molecular complexity index is 606. The highest BCUT2D eigenvalue weighted by Gasteiger charge is 2.27. The molecule has 3 rings (SSSR count). The third-order valence-corrected chi connectivity index (χ3v) is 5.02. The van der Waals surface area contributed by atoms with Gasteiger partial charge in [-0.1, -0.05) is 18.2 Å². The number of Topliss-reactive ketones (excluding diaryl/α,β-unsaturated/α-hetero) is 1. The molecule has 2 heterocycles. The molecule has 0 saturated heterocycles. The van der Waals surface area contributed by atoms with Gasteiger partial charge >= 0.3 is 0 Å². The van der Waals surface area contributed by atoms with Crippen molar-refractivity contribution in [1.82, 2.24) is 0 Å². The highest BCUT2D eigenvalue weighted by Crippen LogP contribution is 2.35. The second kappa shape index (κ2) is 5.47. The van der Waals surface area contributed by atoms with Crippen LogP contribution < -0.4 is 4.74 Å². The molecular weight excluding hydrogens is 324 g/mol. The first-order chi connectivity index (χ1) is 9.24. The molecule has 1 aliphatic rings. The Morgan fingerprint density at radius 3 is 3.05 bits per heavy atom. The molecule has 1 aromatic carbocycles. The van der Waals surface area contributed by atoms with Crippen molar-refractivity contribution in [2.24, 2.45) is 0 Å². The number of hydrogen-bond donors (Lipinski definition) is 0. The summed E-state index contributed by atoms with van der Waals surface area (Å²) in [5.74, 6) is 1.12. The van der Waals surface area contributed by atoms with E-state index in [4.69, 9.17) is 4.74 Å². The van der Waals surface area contributed by atoms with Crippen LogP contribution in [0, 0.1) is 0 Å². The molecule has 0 spiro atoms. The first-order valence-corrected chi connectivity index (χ1v) is 7.88. The number of halogens is 1. The summed E-state index contributed by atoms with van der Waals surface area (Å²) < 4.78 is 6.65. The minimum atomic E-state index is -0.0224. The van der Waals surface area contributed by atoms with E-state index in [-0.39, 0.29) is 11.7 Å². The zero-order chi connectivity index (χ0) is 13.2. The Kier molecular flexibility index (Phi) is 3.71. The molecule has 1 atom stereocenters. The van der Waals surface area contributed by atoms with Crippen molar-refractivity contribution >= 4 is 33.0 Å². The van der Waals surface area contributed by atoms with Gasteiger partial charge in [0.15, 0.2) is 0 Å². The predicted molar refractivity (Wildman–Crippen MR) is 80.0 cm³/mol. The predicted octanol–water partition coefficient (Wildman–Crippen LogP) is 4.19. The topological polar surface area (TPSA) is 26.3 Å². The summed E-state index contributed by atoms with van der Waals surface area (Å²) in [5, 5.41) is 2.01. The van der Waals surface area contributed by atoms with Crippen LogP contribution in [0.4, 0.5) is 0 Å². The second-order valence-corrected chi connectivity index (χ2v) is 6.51. The Morgan fingerprint density at radius 2 is 2.26 bits per heavy atom. The summed E-state index contributed by atoms with van der Waals surface area (Å²) in [4.78, 5) is 13.6. The van der Waals surface area contributed by atoms with Crippen LogP contribution in [0.5, 0.6) is 5.75 Å². The van der Waals surface area contributed by atoms with Crippen LogP contribution in [0.15, 0.2) is 40.2 Å². The molecule has 2 nitrogen and oxygen atoms in total. The summed E-state index contributed by atoms with van der Waals surface area (Å²) >= 11 is 5.05. The number of rotatable bonds is 3. The van der Waals surface area contributed by atoms with Crippen LogP contribution >= 0.6 is 27.3 Å². The fourth-order valence-corrected chi connectivity index (χ4v) is 3.88. The number of ketones is 1. The third-order valence-electron chi connectivity index (χ3n) is 3.32. The molecule has 0 aliphatic carbocycles. The van der Waals surface area contributed by atoms with Gasteiger partial charge in [0.05, 0.1) is 6.61 Å². The van der Waals surface area contributed by atoms with Gasteiger partial charge in [0, 0.05) is 32.6 Å². The number of thiophene rings is 1. The summed E-state index contributed by atoms with van der Waals surface area (Å²) in [5.41, 5.74) is 1.04. The van der Waals surface area contributed by atoms with Crippen LogP contribution in [0.25, 0.3) is 0 Å². The summed E-state index contributed by atoms with van der Waals surface area (Å²) in [7, 11) is 0. The smallest absolute Gasteiger partial charge is 0.145 e. The van der Waals surface area contributed by atoms with Crippen LogP contribution in [-0.4, -0.2) is 12.4 Å². The lowest BCUT2D eigenvalue weighted by Gasteiger charge is -2.24. The zero-order valence-electron chi connectivity index (χ0n) is 10.3. The standard InChI is InChI=1S/C15H13BrO2S/c16-10-7-11(19-9-10)8-14(17)12-5-6-18-15-4-2-1-3-13(12)15/h1-4,7,9,12H,5-6,8H2.